The van der Waals surface area contributed by atoms with Crippen LogP contribution in [0.15, 0.2) is 29.2 Å². The Balaban J connectivity index is 2.79. The molecule has 2 rings (SSSR count). The Labute approximate surface area is 111 Å². The van der Waals surface area contributed by atoms with Gasteiger partial charge in [-0.05, 0) is 40.8 Å². The van der Waals surface area contributed by atoms with Crippen molar-refractivity contribution in [3.05, 3.63) is 43.9 Å². The number of ether oxygens (including phenoxy) is 1. The molecular formula is C12H10INO3. The minimum atomic E-state index is -0.400. The maximum Gasteiger partial charge on any atom is 0.337 e. The number of fused-ring (bicyclic) bond motifs is 1. The van der Waals surface area contributed by atoms with Crippen LogP contribution in [-0.4, -0.2) is 17.6 Å². The standard InChI is InChI=1S/C12H10INO3/c1-14-6-10(13)9-5-7(12(16)17-2)3-4-8(9)11(14)15/h3-6H,1-2H3. The van der Waals surface area contributed by atoms with E-state index in [1.807, 2.05) is 0 Å². The second-order valence-corrected chi connectivity index (χ2v) is 4.81. The van der Waals surface area contributed by atoms with E-state index < -0.39 is 5.97 Å². The van der Waals surface area contributed by atoms with Crippen molar-refractivity contribution in [1.29, 1.82) is 0 Å². The number of methoxy groups -OCH3 is 1. The fourth-order valence-electron chi connectivity index (χ4n) is 1.66. The van der Waals surface area contributed by atoms with Gasteiger partial charge in [0, 0.05) is 27.6 Å². The number of nitrogens with zero attached hydrogens (tertiary/aromatic N) is 1. The third-order valence-electron chi connectivity index (χ3n) is 2.56. The van der Waals surface area contributed by atoms with Crippen molar-refractivity contribution < 1.29 is 9.53 Å². The topological polar surface area (TPSA) is 48.3 Å². The molecule has 1 aromatic carbocycles. The Morgan fingerprint density at radius 1 is 1.35 bits per heavy atom. The summed E-state index contributed by atoms with van der Waals surface area (Å²) in [4.78, 5) is 23.3. The highest BCUT2D eigenvalue weighted by Crippen LogP contribution is 2.19. The van der Waals surface area contributed by atoms with Gasteiger partial charge in [-0.1, -0.05) is 0 Å². The highest BCUT2D eigenvalue weighted by atomic mass is 127. The van der Waals surface area contributed by atoms with Crippen LogP contribution in [-0.2, 0) is 11.8 Å². The number of aromatic nitrogens is 1. The van der Waals surface area contributed by atoms with Gasteiger partial charge in [-0.25, -0.2) is 4.79 Å². The molecule has 88 valence electrons. The summed E-state index contributed by atoms with van der Waals surface area (Å²) in [5.41, 5.74) is 0.378. The zero-order valence-electron chi connectivity index (χ0n) is 9.36. The first-order valence-corrected chi connectivity index (χ1v) is 5.99. The molecule has 0 unspecified atom stereocenters. The predicted molar refractivity (Wildman–Crippen MR) is 73.2 cm³/mol. The van der Waals surface area contributed by atoms with Crippen molar-refractivity contribution in [2.75, 3.05) is 7.11 Å². The van der Waals surface area contributed by atoms with Gasteiger partial charge in [-0.3, -0.25) is 4.79 Å². The van der Waals surface area contributed by atoms with E-state index >= 15 is 0 Å². The van der Waals surface area contributed by atoms with Crippen LogP contribution in [0.4, 0.5) is 0 Å². The number of pyridine rings is 1. The molecule has 0 atom stereocenters. The highest BCUT2D eigenvalue weighted by Gasteiger charge is 2.10. The Morgan fingerprint density at radius 2 is 2.06 bits per heavy atom. The summed E-state index contributed by atoms with van der Waals surface area (Å²) in [7, 11) is 3.04. The summed E-state index contributed by atoms with van der Waals surface area (Å²) >= 11 is 2.14. The molecular weight excluding hydrogens is 333 g/mol. The van der Waals surface area contributed by atoms with E-state index in [0.717, 1.165) is 8.96 Å². The van der Waals surface area contributed by atoms with Crippen LogP contribution >= 0.6 is 22.6 Å². The molecule has 0 bridgehead atoms. The molecule has 0 spiro atoms. The van der Waals surface area contributed by atoms with Gasteiger partial charge in [-0.15, -0.1) is 0 Å². The van der Waals surface area contributed by atoms with Crippen LogP contribution in [0.2, 0.25) is 0 Å². The molecule has 0 radical (unpaired) electrons. The monoisotopic (exact) mass is 343 g/mol. The van der Waals surface area contributed by atoms with Crippen molar-refractivity contribution in [3.63, 3.8) is 0 Å². The first kappa shape index (κ1) is 12.1. The van der Waals surface area contributed by atoms with Crippen molar-refractivity contribution in [2.45, 2.75) is 0 Å². The molecule has 17 heavy (non-hydrogen) atoms. The lowest BCUT2D eigenvalue weighted by Gasteiger charge is -2.06. The van der Waals surface area contributed by atoms with Gasteiger partial charge >= 0.3 is 5.97 Å². The third kappa shape index (κ3) is 2.06. The molecule has 0 aliphatic heterocycles. The average molecular weight is 343 g/mol. The number of hydrogen-bond acceptors (Lipinski definition) is 3. The summed E-state index contributed by atoms with van der Waals surface area (Å²) in [6.45, 7) is 0. The third-order valence-corrected chi connectivity index (χ3v) is 3.42. The van der Waals surface area contributed by atoms with E-state index in [4.69, 9.17) is 0 Å². The van der Waals surface area contributed by atoms with Gasteiger partial charge < -0.3 is 9.30 Å². The Hall–Kier alpha value is -1.37. The first-order valence-electron chi connectivity index (χ1n) is 4.92. The maximum absolute atomic E-state index is 11.9. The Morgan fingerprint density at radius 3 is 2.71 bits per heavy atom. The molecule has 0 fully saturated rings. The van der Waals surface area contributed by atoms with Crippen LogP contribution in [0.3, 0.4) is 0 Å². The van der Waals surface area contributed by atoms with E-state index in [2.05, 4.69) is 27.3 Å². The molecule has 1 aromatic heterocycles. The fourth-order valence-corrected chi connectivity index (χ4v) is 2.53. The summed E-state index contributed by atoms with van der Waals surface area (Å²) in [5.74, 6) is -0.400. The van der Waals surface area contributed by atoms with Gasteiger partial charge in [0.05, 0.1) is 12.7 Å². The SMILES string of the molecule is COC(=O)c1ccc2c(=O)n(C)cc(I)c2c1. The van der Waals surface area contributed by atoms with Gasteiger partial charge in [0.1, 0.15) is 0 Å². The normalized spacial score (nSPS) is 10.5. The van der Waals surface area contributed by atoms with Gasteiger partial charge in [0.2, 0.25) is 0 Å². The molecule has 5 heteroatoms. The number of esters is 1. The number of aryl methyl sites for hydroxylation is 1. The number of halogens is 1. The lowest BCUT2D eigenvalue weighted by molar-refractivity contribution is 0.0601. The van der Waals surface area contributed by atoms with Gasteiger partial charge in [0.25, 0.3) is 5.56 Å². The van der Waals surface area contributed by atoms with E-state index in [-0.39, 0.29) is 5.56 Å². The lowest BCUT2D eigenvalue weighted by Crippen LogP contribution is -2.17. The minimum absolute atomic E-state index is 0.0724. The smallest absolute Gasteiger partial charge is 0.337 e. The Bertz CT molecular complexity index is 661. The maximum atomic E-state index is 11.9. The lowest BCUT2D eigenvalue weighted by atomic mass is 10.1. The molecule has 1 heterocycles. The van der Waals surface area contributed by atoms with E-state index in [1.54, 1.807) is 31.4 Å². The van der Waals surface area contributed by atoms with Gasteiger partial charge in [-0.2, -0.15) is 0 Å². The fraction of sp³-hybridized carbons (Fsp3) is 0.167. The first-order chi connectivity index (χ1) is 8.04. The second-order valence-electron chi connectivity index (χ2n) is 3.65. The molecule has 0 aliphatic rings. The average Bonchev–Trinajstić information content (AvgIpc) is 2.34. The van der Waals surface area contributed by atoms with Crippen molar-refractivity contribution in [1.82, 2.24) is 4.57 Å². The number of rotatable bonds is 1. The zero-order valence-corrected chi connectivity index (χ0v) is 11.5. The largest absolute Gasteiger partial charge is 0.465 e. The molecule has 0 saturated heterocycles. The quantitative estimate of drug-likeness (QED) is 0.587. The number of benzene rings is 1. The summed E-state index contributed by atoms with van der Waals surface area (Å²) in [5, 5.41) is 1.38. The molecule has 2 aromatic rings. The van der Waals surface area contributed by atoms with E-state index in [1.165, 1.54) is 11.7 Å². The summed E-state index contributed by atoms with van der Waals surface area (Å²) < 4.78 is 7.11. The van der Waals surface area contributed by atoms with Crippen molar-refractivity contribution >= 4 is 39.3 Å². The van der Waals surface area contributed by atoms with Crippen LogP contribution in [0, 0.1) is 3.57 Å². The van der Waals surface area contributed by atoms with E-state index in [0.29, 0.717) is 10.9 Å². The van der Waals surface area contributed by atoms with Crippen LogP contribution in [0.5, 0.6) is 0 Å². The second kappa shape index (κ2) is 4.48. The van der Waals surface area contributed by atoms with Crippen LogP contribution in [0.25, 0.3) is 10.8 Å². The van der Waals surface area contributed by atoms with Crippen molar-refractivity contribution in [2.24, 2.45) is 7.05 Å². The minimum Gasteiger partial charge on any atom is -0.465 e. The molecule has 0 saturated carbocycles. The molecule has 0 aliphatic carbocycles. The zero-order chi connectivity index (χ0) is 12.6. The summed E-state index contributed by atoms with van der Waals surface area (Å²) in [6, 6.07) is 4.95. The van der Waals surface area contributed by atoms with Gasteiger partial charge in [0.15, 0.2) is 0 Å². The Kier molecular flexibility index (Phi) is 3.19. The highest BCUT2D eigenvalue weighted by molar-refractivity contribution is 14.1. The number of carbonyl (C=O) groups excluding carboxylic acids is 1. The predicted octanol–water partition coefficient (Wildman–Crippen LogP) is 1.93. The van der Waals surface area contributed by atoms with E-state index in [9.17, 15) is 9.59 Å². The summed E-state index contributed by atoms with van der Waals surface area (Å²) in [6.07, 6.45) is 1.74. The van der Waals surface area contributed by atoms with Crippen LogP contribution < -0.4 is 5.56 Å². The molecule has 0 amide bonds. The number of hydrogen-bond donors (Lipinski definition) is 0. The van der Waals surface area contributed by atoms with Crippen LogP contribution in [0.1, 0.15) is 10.4 Å². The number of carbonyl (C=O) groups is 1. The molecule has 0 N–H and O–H groups in total. The van der Waals surface area contributed by atoms with Crippen molar-refractivity contribution in [3.8, 4) is 0 Å². The molecule has 4 nitrogen and oxygen atoms in total.